The molecule has 1 aromatic rings. The standard InChI is InChI=1S/C13H19N3O2/c1-8(16-12(18)13(2,3)4)10-6-5-9(7-15-10)11(14)17/h5-8H,1-4H3,(H2,14,17)(H,16,18). The molecule has 5 nitrogen and oxygen atoms in total. The zero-order valence-corrected chi connectivity index (χ0v) is 11.2. The number of nitrogens with one attached hydrogen (secondary N) is 1. The lowest BCUT2D eigenvalue weighted by Crippen LogP contribution is -2.36. The molecule has 1 atom stereocenters. The lowest BCUT2D eigenvalue weighted by molar-refractivity contribution is -0.129. The second-order valence-electron chi connectivity index (χ2n) is 5.28. The van der Waals surface area contributed by atoms with Gasteiger partial charge < -0.3 is 11.1 Å². The number of pyridine rings is 1. The Morgan fingerprint density at radius 1 is 1.33 bits per heavy atom. The third-order valence-corrected chi connectivity index (χ3v) is 2.54. The van der Waals surface area contributed by atoms with Crippen LogP contribution < -0.4 is 11.1 Å². The van der Waals surface area contributed by atoms with Gasteiger partial charge in [0.2, 0.25) is 11.8 Å². The minimum Gasteiger partial charge on any atom is -0.366 e. The molecule has 0 aliphatic rings. The van der Waals surface area contributed by atoms with Gasteiger partial charge in [0.15, 0.2) is 0 Å². The highest BCUT2D eigenvalue weighted by Crippen LogP contribution is 2.16. The van der Waals surface area contributed by atoms with E-state index < -0.39 is 11.3 Å². The minimum absolute atomic E-state index is 0.0456. The van der Waals surface area contributed by atoms with Crippen molar-refractivity contribution < 1.29 is 9.59 Å². The van der Waals surface area contributed by atoms with Crippen molar-refractivity contribution in [3.05, 3.63) is 29.6 Å². The van der Waals surface area contributed by atoms with Crippen molar-refractivity contribution in [2.24, 2.45) is 11.1 Å². The van der Waals surface area contributed by atoms with Gasteiger partial charge in [-0.15, -0.1) is 0 Å². The van der Waals surface area contributed by atoms with E-state index in [2.05, 4.69) is 10.3 Å². The van der Waals surface area contributed by atoms with Crippen LogP contribution in [-0.2, 0) is 4.79 Å². The molecule has 2 amide bonds. The van der Waals surface area contributed by atoms with E-state index in [0.717, 1.165) is 0 Å². The highest BCUT2D eigenvalue weighted by Gasteiger charge is 2.23. The molecule has 98 valence electrons. The Morgan fingerprint density at radius 3 is 2.33 bits per heavy atom. The summed E-state index contributed by atoms with van der Waals surface area (Å²) >= 11 is 0. The summed E-state index contributed by atoms with van der Waals surface area (Å²) in [6, 6.07) is 3.08. The summed E-state index contributed by atoms with van der Waals surface area (Å²) in [5.41, 5.74) is 5.73. The van der Waals surface area contributed by atoms with Crippen molar-refractivity contribution in [1.29, 1.82) is 0 Å². The van der Waals surface area contributed by atoms with Crippen molar-refractivity contribution in [2.75, 3.05) is 0 Å². The zero-order valence-electron chi connectivity index (χ0n) is 11.2. The van der Waals surface area contributed by atoms with Gasteiger partial charge in [-0.3, -0.25) is 14.6 Å². The van der Waals surface area contributed by atoms with E-state index in [9.17, 15) is 9.59 Å². The second kappa shape index (κ2) is 5.16. The SMILES string of the molecule is CC(NC(=O)C(C)(C)C)c1ccc(C(N)=O)cn1. The second-order valence-corrected chi connectivity index (χ2v) is 5.28. The largest absolute Gasteiger partial charge is 0.366 e. The van der Waals surface area contributed by atoms with Gasteiger partial charge in [-0.1, -0.05) is 20.8 Å². The number of carbonyl (C=O) groups is 2. The lowest BCUT2D eigenvalue weighted by Gasteiger charge is -2.21. The molecule has 0 radical (unpaired) electrons. The van der Waals surface area contributed by atoms with Crippen molar-refractivity contribution in [3.63, 3.8) is 0 Å². The van der Waals surface area contributed by atoms with Crippen LogP contribution in [0.15, 0.2) is 18.3 Å². The first-order valence-corrected chi connectivity index (χ1v) is 5.78. The molecule has 0 fully saturated rings. The number of nitrogens with zero attached hydrogens (tertiary/aromatic N) is 1. The van der Waals surface area contributed by atoms with Crippen LogP contribution in [0.4, 0.5) is 0 Å². The summed E-state index contributed by atoms with van der Waals surface area (Å²) in [7, 11) is 0. The van der Waals surface area contributed by atoms with Crippen LogP contribution in [0, 0.1) is 5.41 Å². The first kappa shape index (κ1) is 14.2. The molecule has 0 saturated heterocycles. The third-order valence-electron chi connectivity index (χ3n) is 2.54. The number of carbonyl (C=O) groups excluding carboxylic acids is 2. The fourth-order valence-electron chi connectivity index (χ4n) is 1.29. The highest BCUT2D eigenvalue weighted by atomic mass is 16.2. The van der Waals surface area contributed by atoms with E-state index in [0.29, 0.717) is 11.3 Å². The molecule has 1 heterocycles. The lowest BCUT2D eigenvalue weighted by atomic mass is 9.95. The third kappa shape index (κ3) is 3.55. The Bertz CT molecular complexity index is 446. The molecule has 0 aromatic carbocycles. The van der Waals surface area contributed by atoms with E-state index in [-0.39, 0.29) is 11.9 Å². The Kier molecular flexibility index (Phi) is 4.06. The predicted molar refractivity (Wildman–Crippen MR) is 68.8 cm³/mol. The van der Waals surface area contributed by atoms with Gasteiger partial charge in [-0.25, -0.2) is 0 Å². The first-order chi connectivity index (χ1) is 8.21. The van der Waals surface area contributed by atoms with Crippen molar-refractivity contribution in [2.45, 2.75) is 33.7 Å². The zero-order chi connectivity index (χ0) is 13.9. The van der Waals surface area contributed by atoms with Gasteiger partial charge in [-0.05, 0) is 19.1 Å². The van der Waals surface area contributed by atoms with Gasteiger partial charge in [0.25, 0.3) is 0 Å². The average molecular weight is 249 g/mol. The van der Waals surface area contributed by atoms with E-state index >= 15 is 0 Å². The average Bonchev–Trinajstić information content (AvgIpc) is 2.27. The molecule has 0 spiro atoms. The molecule has 5 heteroatoms. The number of primary amides is 1. The van der Waals surface area contributed by atoms with Gasteiger partial charge >= 0.3 is 0 Å². The van der Waals surface area contributed by atoms with Crippen LogP contribution in [0.3, 0.4) is 0 Å². The van der Waals surface area contributed by atoms with Gasteiger partial charge in [-0.2, -0.15) is 0 Å². The fraction of sp³-hybridized carbons (Fsp3) is 0.462. The van der Waals surface area contributed by atoms with Crippen LogP contribution in [0.1, 0.15) is 49.8 Å². The minimum atomic E-state index is -0.513. The summed E-state index contributed by atoms with van der Waals surface area (Å²) in [5, 5.41) is 2.87. The summed E-state index contributed by atoms with van der Waals surface area (Å²) < 4.78 is 0. The topological polar surface area (TPSA) is 85.1 Å². The molecule has 18 heavy (non-hydrogen) atoms. The van der Waals surface area contributed by atoms with E-state index in [1.54, 1.807) is 12.1 Å². The molecule has 1 aromatic heterocycles. The normalized spacial score (nSPS) is 12.9. The quantitative estimate of drug-likeness (QED) is 0.849. The molecular formula is C13H19N3O2. The van der Waals surface area contributed by atoms with Crippen LogP contribution in [0.5, 0.6) is 0 Å². The number of aromatic nitrogens is 1. The molecule has 0 aliphatic heterocycles. The number of amides is 2. The molecular weight excluding hydrogens is 230 g/mol. The summed E-state index contributed by atoms with van der Waals surface area (Å²) in [5.74, 6) is -0.559. The van der Waals surface area contributed by atoms with E-state index in [1.165, 1.54) is 6.20 Å². The Morgan fingerprint density at radius 2 is 1.94 bits per heavy atom. The summed E-state index contributed by atoms with van der Waals surface area (Å²) in [4.78, 5) is 26.8. The Labute approximate surface area is 107 Å². The first-order valence-electron chi connectivity index (χ1n) is 5.78. The Hall–Kier alpha value is -1.91. The number of nitrogens with two attached hydrogens (primary N) is 1. The van der Waals surface area contributed by atoms with Crippen LogP contribution >= 0.6 is 0 Å². The maximum absolute atomic E-state index is 11.8. The molecule has 0 bridgehead atoms. The summed E-state index contributed by atoms with van der Waals surface area (Å²) in [6.45, 7) is 7.38. The van der Waals surface area contributed by atoms with Gasteiger partial charge in [0.05, 0.1) is 17.3 Å². The predicted octanol–water partition coefficient (Wildman–Crippen LogP) is 1.40. The monoisotopic (exact) mass is 249 g/mol. The van der Waals surface area contributed by atoms with Gasteiger partial charge in [0, 0.05) is 11.6 Å². The van der Waals surface area contributed by atoms with Crippen molar-refractivity contribution >= 4 is 11.8 Å². The molecule has 0 saturated carbocycles. The van der Waals surface area contributed by atoms with E-state index in [1.807, 2.05) is 27.7 Å². The Balaban J connectivity index is 2.76. The summed E-state index contributed by atoms with van der Waals surface area (Å²) in [6.07, 6.45) is 1.41. The molecule has 1 rings (SSSR count). The maximum atomic E-state index is 11.8. The smallest absolute Gasteiger partial charge is 0.250 e. The van der Waals surface area contributed by atoms with Crippen molar-refractivity contribution in [3.8, 4) is 0 Å². The number of hydrogen-bond acceptors (Lipinski definition) is 3. The van der Waals surface area contributed by atoms with Crippen LogP contribution in [0.2, 0.25) is 0 Å². The maximum Gasteiger partial charge on any atom is 0.250 e. The number of hydrogen-bond donors (Lipinski definition) is 2. The fourth-order valence-corrected chi connectivity index (χ4v) is 1.29. The molecule has 3 N–H and O–H groups in total. The van der Waals surface area contributed by atoms with Crippen molar-refractivity contribution in [1.82, 2.24) is 10.3 Å². The molecule has 0 aliphatic carbocycles. The molecule has 1 unspecified atom stereocenters. The van der Waals surface area contributed by atoms with Gasteiger partial charge in [0.1, 0.15) is 0 Å². The highest BCUT2D eigenvalue weighted by molar-refractivity contribution is 5.92. The number of rotatable bonds is 3. The van der Waals surface area contributed by atoms with Crippen LogP contribution in [0.25, 0.3) is 0 Å². The van der Waals surface area contributed by atoms with E-state index in [4.69, 9.17) is 5.73 Å². The van der Waals surface area contributed by atoms with Crippen LogP contribution in [-0.4, -0.2) is 16.8 Å².